The third kappa shape index (κ3) is 5.29. The Labute approximate surface area is 223 Å². The molecule has 0 spiro atoms. The van der Waals surface area contributed by atoms with Gasteiger partial charge in [-0.05, 0) is 60.7 Å². The number of hydrogen-bond acceptors (Lipinski definition) is 5. The number of hydrogen-bond donors (Lipinski definition) is 2. The van der Waals surface area contributed by atoms with Crippen LogP contribution in [0.1, 0.15) is 41.3 Å². The molecule has 2 N–H and O–H groups in total. The third-order valence-corrected chi connectivity index (χ3v) is 8.63. The first kappa shape index (κ1) is 26.9. The Morgan fingerprint density at radius 3 is 2.32 bits per heavy atom. The molecule has 9 heteroatoms. The van der Waals surface area contributed by atoms with E-state index in [0.717, 1.165) is 22.1 Å². The summed E-state index contributed by atoms with van der Waals surface area (Å²) >= 11 is 6.03. The second-order valence-corrected chi connectivity index (χ2v) is 13.7. The highest BCUT2D eigenvalue weighted by Gasteiger charge is 2.52. The van der Waals surface area contributed by atoms with E-state index in [-0.39, 0.29) is 28.4 Å². The molecule has 2 heterocycles. The van der Waals surface area contributed by atoms with Crippen LogP contribution in [-0.2, 0) is 14.8 Å². The van der Waals surface area contributed by atoms with Gasteiger partial charge in [0.1, 0.15) is 17.7 Å². The van der Waals surface area contributed by atoms with E-state index in [4.69, 9.17) is 11.6 Å². The molecule has 2 aromatic carbocycles. The zero-order chi connectivity index (χ0) is 27.0. The van der Waals surface area contributed by atoms with Crippen molar-refractivity contribution < 1.29 is 14.2 Å². The van der Waals surface area contributed by atoms with Crippen molar-refractivity contribution >= 4 is 47.2 Å². The number of nitrogens with zero attached hydrogens (tertiary/aromatic N) is 2. The SMILES string of the molecule is CNC(=O)c1cc(Cl)ncc1NC(=O)C1(c2ccccc2C(C)C)CN(c2ccc(P(C)(C)=O)cc2)C1. The van der Waals surface area contributed by atoms with E-state index >= 15 is 0 Å². The van der Waals surface area contributed by atoms with Crippen LogP contribution in [0.2, 0.25) is 5.15 Å². The largest absolute Gasteiger partial charge is 0.369 e. The molecule has 7 nitrogen and oxygen atoms in total. The fourth-order valence-electron chi connectivity index (χ4n) is 4.78. The summed E-state index contributed by atoms with van der Waals surface area (Å²) in [5.74, 6) is -0.360. The summed E-state index contributed by atoms with van der Waals surface area (Å²) < 4.78 is 12.4. The zero-order valence-corrected chi connectivity index (χ0v) is 23.4. The molecular weight excluding hydrogens is 507 g/mol. The average molecular weight is 539 g/mol. The lowest BCUT2D eigenvalue weighted by Crippen LogP contribution is -2.65. The molecule has 1 aromatic heterocycles. The first-order valence-electron chi connectivity index (χ1n) is 12.2. The number of benzene rings is 2. The fraction of sp³-hybridized carbons (Fsp3) is 0.321. The summed E-state index contributed by atoms with van der Waals surface area (Å²) in [7, 11) is -0.833. The molecule has 0 saturated carbocycles. The molecule has 0 aliphatic carbocycles. The van der Waals surface area contributed by atoms with Crippen LogP contribution >= 0.6 is 18.7 Å². The molecule has 3 aromatic rings. The predicted octanol–water partition coefficient (Wildman–Crippen LogP) is 4.86. The maximum absolute atomic E-state index is 14.0. The number of carbonyl (C=O) groups is 2. The molecule has 37 heavy (non-hydrogen) atoms. The van der Waals surface area contributed by atoms with Crippen molar-refractivity contribution in [2.45, 2.75) is 25.2 Å². The third-order valence-electron chi connectivity index (χ3n) is 6.88. The van der Waals surface area contributed by atoms with Crippen molar-refractivity contribution in [2.75, 3.05) is 43.7 Å². The molecule has 1 aliphatic rings. The van der Waals surface area contributed by atoms with Gasteiger partial charge in [0, 0.05) is 31.1 Å². The molecular formula is C28H32ClN4O3P. The average Bonchev–Trinajstić information content (AvgIpc) is 2.84. The summed E-state index contributed by atoms with van der Waals surface area (Å²) in [6.45, 7) is 8.63. The molecule has 0 bridgehead atoms. The maximum Gasteiger partial charge on any atom is 0.253 e. The zero-order valence-electron chi connectivity index (χ0n) is 21.7. The van der Waals surface area contributed by atoms with E-state index in [1.165, 1.54) is 19.3 Å². The van der Waals surface area contributed by atoms with Gasteiger partial charge in [-0.15, -0.1) is 0 Å². The Bertz CT molecular complexity index is 1380. The smallest absolute Gasteiger partial charge is 0.253 e. The van der Waals surface area contributed by atoms with Crippen LogP contribution in [0.25, 0.3) is 0 Å². The quantitative estimate of drug-likeness (QED) is 0.331. The fourth-order valence-corrected chi connectivity index (χ4v) is 5.80. The standard InChI is InChI=1S/C28H32ClN4O3P/c1-18(2)21-8-6-7-9-23(21)28(16-33(17-28)19-10-12-20(13-11-19)37(4,5)36)27(35)32-24-15-31-25(29)14-22(24)26(34)30-3/h6-15,18H,16-17H2,1-5H3,(H,30,34)(H,32,35). The Hall–Kier alpha value is -3.15. The molecule has 4 rings (SSSR count). The maximum atomic E-state index is 14.0. The van der Waals surface area contributed by atoms with Crippen LogP contribution in [-0.4, -0.2) is 50.3 Å². The highest BCUT2D eigenvalue weighted by molar-refractivity contribution is 7.70. The summed E-state index contributed by atoms with van der Waals surface area (Å²) in [5, 5.41) is 6.55. The summed E-state index contributed by atoms with van der Waals surface area (Å²) in [4.78, 5) is 32.7. The highest BCUT2D eigenvalue weighted by Crippen LogP contribution is 2.42. The summed E-state index contributed by atoms with van der Waals surface area (Å²) in [6, 6.07) is 17.2. The minimum Gasteiger partial charge on any atom is -0.369 e. The highest BCUT2D eigenvalue weighted by atomic mass is 35.5. The van der Waals surface area contributed by atoms with Gasteiger partial charge in [-0.1, -0.05) is 49.7 Å². The summed E-state index contributed by atoms with van der Waals surface area (Å²) in [5.41, 5.74) is 2.74. The van der Waals surface area contributed by atoms with E-state index in [0.29, 0.717) is 18.8 Å². The first-order valence-corrected chi connectivity index (χ1v) is 15.1. The van der Waals surface area contributed by atoms with Crippen LogP contribution in [0.5, 0.6) is 0 Å². The van der Waals surface area contributed by atoms with E-state index in [1.807, 2.05) is 42.5 Å². The molecule has 1 saturated heterocycles. The molecule has 1 aliphatic heterocycles. The number of rotatable bonds is 7. The second kappa shape index (κ2) is 10.3. The monoisotopic (exact) mass is 538 g/mol. The minimum absolute atomic E-state index is 0.165. The van der Waals surface area contributed by atoms with Crippen molar-refractivity contribution in [3.05, 3.63) is 82.6 Å². The van der Waals surface area contributed by atoms with Crippen LogP contribution in [0.15, 0.2) is 60.8 Å². The van der Waals surface area contributed by atoms with Crippen molar-refractivity contribution in [1.82, 2.24) is 10.3 Å². The lowest BCUT2D eigenvalue weighted by Gasteiger charge is -2.51. The predicted molar refractivity (Wildman–Crippen MR) is 151 cm³/mol. The van der Waals surface area contributed by atoms with E-state index < -0.39 is 12.6 Å². The lowest BCUT2D eigenvalue weighted by atomic mass is 9.69. The Morgan fingerprint density at radius 1 is 1.08 bits per heavy atom. The van der Waals surface area contributed by atoms with Gasteiger partial charge in [-0.2, -0.15) is 0 Å². The van der Waals surface area contributed by atoms with Gasteiger partial charge >= 0.3 is 0 Å². The van der Waals surface area contributed by atoms with Gasteiger partial charge in [0.25, 0.3) is 5.91 Å². The van der Waals surface area contributed by atoms with E-state index in [1.54, 1.807) is 13.3 Å². The number of anilines is 2. The van der Waals surface area contributed by atoms with Gasteiger partial charge in [-0.25, -0.2) is 4.98 Å². The van der Waals surface area contributed by atoms with Crippen molar-refractivity contribution in [3.8, 4) is 0 Å². The van der Waals surface area contributed by atoms with Crippen LogP contribution < -0.4 is 20.8 Å². The van der Waals surface area contributed by atoms with Crippen LogP contribution in [0.3, 0.4) is 0 Å². The van der Waals surface area contributed by atoms with Crippen LogP contribution in [0, 0.1) is 0 Å². The number of halogens is 1. The van der Waals surface area contributed by atoms with Gasteiger partial charge in [0.15, 0.2) is 0 Å². The van der Waals surface area contributed by atoms with Crippen molar-refractivity contribution in [3.63, 3.8) is 0 Å². The number of pyridine rings is 1. The number of aromatic nitrogens is 1. The van der Waals surface area contributed by atoms with E-state index in [9.17, 15) is 14.2 Å². The minimum atomic E-state index is -2.35. The first-order chi connectivity index (χ1) is 17.5. The molecule has 0 radical (unpaired) electrons. The molecule has 2 amide bonds. The van der Waals surface area contributed by atoms with Gasteiger partial charge in [-0.3, -0.25) is 9.59 Å². The number of nitrogens with one attached hydrogen (secondary N) is 2. The van der Waals surface area contributed by atoms with Gasteiger partial charge in [0.05, 0.1) is 17.4 Å². The second-order valence-electron chi connectivity index (χ2n) is 10.1. The molecule has 1 fully saturated rings. The Kier molecular flexibility index (Phi) is 7.50. The topological polar surface area (TPSA) is 91.4 Å². The lowest BCUT2D eigenvalue weighted by molar-refractivity contribution is -0.122. The van der Waals surface area contributed by atoms with Crippen LogP contribution in [0.4, 0.5) is 11.4 Å². The summed E-state index contributed by atoms with van der Waals surface area (Å²) in [6.07, 6.45) is 1.41. The van der Waals surface area contributed by atoms with Crippen molar-refractivity contribution in [2.24, 2.45) is 0 Å². The van der Waals surface area contributed by atoms with Gasteiger partial charge < -0.3 is 20.1 Å². The van der Waals surface area contributed by atoms with E-state index in [2.05, 4.69) is 40.4 Å². The van der Waals surface area contributed by atoms with Gasteiger partial charge in [0.2, 0.25) is 5.91 Å². The molecule has 0 atom stereocenters. The Balaban J connectivity index is 1.71. The normalized spacial score (nSPS) is 14.7. The number of amides is 2. The molecule has 194 valence electrons. The molecule has 0 unspecified atom stereocenters. The number of carbonyl (C=O) groups excluding carboxylic acids is 2. The van der Waals surface area contributed by atoms with Crippen molar-refractivity contribution in [1.29, 1.82) is 0 Å². The Morgan fingerprint density at radius 2 is 1.73 bits per heavy atom.